The molecule has 0 spiro atoms. The third kappa shape index (κ3) is 20.0. The van der Waals surface area contributed by atoms with Crippen molar-refractivity contribution in [3.05, 3.63) is 12.2 Å². The maximum absolute atomic E-state index is 9.14. The first-order valence-electron chi connectivity index (χ1n) is 11.7. The summed E-state index contributed by atoms with van der Waals surface area (Å²) in [6, 6.07) is 0. The molecule has 156 valence electrons. The van der Waals surface area contributed by atoms with Crippen LogP contribution in [0.5, 0.6) is 0 Å². The van der Waals surface area contributed by atoms with Gasteiger partial charge >= 0.3 is 0 Å². The Balaban J connectivity index is 3.14. The molecule has 0 fully saturated rings. The number of rotatable bonds is 21. The fourth-order valence-electron chi connectivity index (χ4n) is 3.51. The molecule has 0 saturated carbocycles. The smallest absolute Gasteiger partial charge is 0.0494 e. The van der Waals surface area contributed by atoms with Gasteiger partial charge in [0.05, 0.1) is 0 Å². The second-order valence-corrected chi connectivity index (χ2v) is 7.98. The van der Waals surface area contributed by atoms with Crippen molar-refractivity contribution in [2.75, 3.05) is 13.2 Å². The lowest BCUT2D eigenvalue weighted by Gasteiger charge is -2.06. The van der Waals surface area contributed by atoms with Crippen molar-refractivity contribution in [1.82, 2.24) is 0 Å². The minimum atomic E-state index is 0.140. The van der Waals surface area contributed by atoms with Crippen molar-refractivity contribution in [2.24, 2.45) is 5.92 Å². The van der Waals surface area contributed by atoms with E-state index in [0.29, 0.717) is 6.42 Å². The van der Waals surface area contributed by atoms with E-state index in [1.54, 1.807) is 0 Å². The summed E-state index contributed by atoms with van der Waals surface area (Å²) >= 11 is 0. The van der Waals surface area contributed by atoms with Crippen molar-refractivity contribution in [3.63, 3.8) is 0 Å². The van der Waals surface area contributed by atoms with Crippen LogP contribution < -0.4 is 0 Å². The summed E-state index contributed by atoms with van der Waals surface area (Å²) in [6.07, 6.45) is 28.6. The zero-order valence-corrected chi connectivity index (χ0v) is 17.8. The molecule has 0 aromatic carbocycles. The first-order valence-corrected chi connectivity index (χ1v) is 11.7. The molecule has 0 heterocycles. The third-order valence-electron chi connectivity index (χ3n) is 5.37. The van der Waals surface area contributed by atoms with Gasteiger partial charge < -0.3 is 10.2 Å². The van der Waals surface area contributed by atoms with Gasteiger partial charge in [0.15, 0.2) is 0 Å². The quantitative estimate of drug-likeness (QED) is 0.166. The summed E-state index contributed by atoms with van der Waals surface area (Å²) in [4.78, 5) is 0. The second kappa shape index (κ2) is 22.7. The fourth-order valence-corrected chi connectivity index (χ4v) is 3.51. The van der Waals surface area contributed by atoms with E-state index < -0.39 is 0 Å². The summed E-state index contributed by atoms with van der Waals surface area (Å²) in [5.41, 5.74) is 0. The largest absolute Gasteiger partial charge is 0.396 e. The number of unbranched alkanes of at least 4 members (excludes halogenated alkanes) is 16. The Hall–Kier alpha value is -0.340. The normalized spacial score (nSPS) is 12.9. The van der Waals surface area contributed by atoms with Crippen molar-refractivity contribution in [3.8, 4) is 0 Å². The van der Waals surface area contributed by atoms with Crippen LogP contribution in [0.1, 0.15) is 122 Å². The zero-order chi connectivity index (χ0) is 19.1. The number of hydrogen-bond acceptors (Lipinski definition) is 2. The molecular formula is C24H48O2. The molecule has 0 aliphatic rings. The highest BCUT2D eigenvalue weighted by Crippen LogP contribution is 2.14. The van der Waals surface area contributed by atoms with Gasteiger partial charge in [0.1, 0.15) is 0 Å². The molecule has 0 aromatic rings. The van der Waals surface area contributed by atoms with Gasteiger partial charge in [0.25, 0.3) is 0 Å². The van der Waals surface area contributed by atoms with Crippen molar-refractivity contribution >= 4 is 0 Å². The lowest BCUT2D eigenvalue weighted by atomic mass is 10.0. The van der Waals surface area contributed by atoms with Crippen LogP contribution >= 0.6 is 0 Å². The first kappa shape index (κ1) is 25.7. The summed E-state index contributed by atoms with van der Waals surface area (Å²) in [5.74, 6) is 0.140. The van der Waals surface area contributed by atoms with Crippen LogP contribution in [0.3, 0.4) is 0 Å². The van der Waals surface area contributed by atoms with Gasteiger partial charge in [0, 0.05) is 19.1 Å². The Bertz CT molecular complexity index is 275. The minimum absolute atomic E-state index is 0.140. The van der Waals surface area contributed by atoms with E-state index in [1.165, 1.54) is 103 Å². The molecule has 0 aliphatic carbocycles. The van der Waals surface area contributed by atoms with E-state index in [9.17, 15) is 0 Å². The molecular weight excluding hydrogens is 320 g/mol. The molecule has 26 heavy (non-hydrogen) atoms. The molecule has 0 bridgehead atoms. The molecule has 0 saturated heterocycles. The van der Waals surface area contributed by atoms with Gasteiger partial charge in [-0.25, -0.2) is 0 Å². The van der Waals surface area contributed by atoms with E-state index in [0.717, 1.165) is 6.42 Å². The topological polar surface area (TPSA) is 40.5 Å². The predicted molar refractivity (Wildman–Crippen MR) is 116 cm³/mol. The van der Waals surface area contributed by atoms with Crippen LogP contribution in [0, 0.1) is 5.92 Å². The highest BCUT2D eigenvalue weighted by molar-refractivity contribution is 4.88. The maximum Gasteiger partial charge on any atom is 0.0494 e. The Kier molecular flexibility index (Phi) is 22.4. The van der Waals surface area contributed by atoms with Crippen LogP contribution in [0.2, 0.25) is 0 Å². The average molecular weight is 369 g/mol. The SMILES string of the molecule is CCCCCCCCCCCCCCCCCC/C=C/C(CO)CCO. The number of aliphatic hydroxyl groups excluding tert-OH is 2. The number of aliphatic hydroxyl groups is 2. The Morgan fingerprint density at radius 3 is 1.42 bits per heavy atom. The average Bonchev–Trinajstić information content (AvgIpc) is 2.66. The molecule has 0 radical (unpaired) electrons. The highest BCUT2D eigenvalue weighted by Gasteiger charge is 2.00. The van der Waals surface area contributed by atoms with Gasteiger partial charge in [-0.1, -0.05) is 115 Å². The summed E-state index contributed by atoms with van der Waals surface area (Å²) in [5, 5.41) is 18.0. The summed E-state index contributed by atoms with van der Waals surface area (Å²) in [6.45, 7) is 2.60. The highest BCUT2D eigenvalue weighted by atomic mass is 16.3. The van der Waals surface area contributed by atoms with E-state index >= 15 is 0 Å². The molecule has 2 N–H and O–H groups in total. The Morgan fingerprint density at radius 1 is 0.615 bits per heavy atom. The van der Waals surface area contributed by atoms with Crippen molar-refractivity contribution in [2.45, 2.75) is 122 Å². The first-order chi connectivity index (χ1) is 12.8. The van der Waals surface area contributed by atoms with Crippen LogP contribution in [0.15, 0.2) is 12.2 Å². The van der Waals surface area contributed by atoms with E-state index in [2.05, 4.69) is 19.1 Å². The molecule has 2 heteroatoms. The van der Waals surface area contributed by atoms with Crippen LogP contribution in [0.4, 0.5) is 0 Å². The summed E-state index contributed by atoms with van der Waals surface area (Å²) in [7, 11) is 0. The minimum Gasteiger partial charge on any atom is -0.396 e. The molecule has 0 aromatic heterocycles. The Morgan fingerprint density at radius 2 is 1.04 bits per heavy atom. The van der Waals surface area contributed by atoms with Gasteiger partial charge in [-0.2, -0.15) is 0 Å². The third-order valence-corrected chi connectivity index (χ3v) is 5.37. The monoisotopic (exact) mass is 368 g/mol. The van der Waals surface area contributed by atoms with Gasteiger partial charge in [-0.15, -0.1) is 0 Å². The molecule has 0 amide bonds. The van der Waals surface area contributed by atoms with E-state index in [4.69, 9.17) is 10.2 Å². The van der Waals surface area contributed by atoms with Gasteiger partial charge in [-0.3, -0.25) is 0 Å². The lowest BCUT2D eigenvalue weighted by molar-refractivity contribution is 0.207. The maximum atomic E-state index is 9.14. The number of hydrogen-bond donors (Lipinski definition) is 2. The van der Waals surface area contributed by atoms with Gasteiger partial charge in [0.2, 0.25) is 0 Å². The van der Waals surface area contributed by atoms with Crippen molar-refractivity contribution < 1.29 is 10.2 Å². The van der Waals surface area contributed by atoms with Crippen LogP contribution in [0.25, 0.3) is 0 Å². The van der Waals surface area contributed by atoms with E-state index in [-0.39, 0.29) is 19.1 Å². The molecule has 1 unspecified atom stereocenters. The predicted octanol–water partition coefficient (Wildman–Crippen LogP) is 7.19. The summed E-state index contributed by atoms with van der Waals surface area (Å²) < 4.78 is 0. The van der Waals surface area contributed by atoms with Crippen LogP contribution in [-0.4, -0.2) is 23.4 Å². The molecule has 1 atom stereocenters. The lowest BCUT2D eigenvalue weighted by Crippen LogP contribution is -2.04. The van der Waals surface area contributed by atoms with E-state index in [1.807, 2.05) is 0 Å². The molecule has 2 nitrogen and oxygen atoms in total. The van der Waals surface area contributed by atoms with Crippen LogP contribution in [-0.2, 0) is 0 Å². The standard InChI is InChI=1S/C24H48O2/c1-2-3-4-5-6-7-8-9-10-11-12-13-14-15-16-17-18-19-20-24(23-26)21-22-25/h19-20,24-26H,2-18,21-23H2,1H3/b20-19+. The van der Waals surface area contributed by atoms with Gasteiger partial charge in [-0.05, 0) is 19.3 Å². The zero-order valence-electron chi connectivity index (χ0n) is 17.8. The molecule has 0 rings (SSSR count). The van der Waals surface area contributed by atoms with Crippen molar-refractivity contribution in [1.29, 1.82) is 0 Å². The fraction of sp³-hybridized carbons (Fsp3) is 0.917. The Labute approximate surface area is 164 Å². The molecule has 0 aliphatic heterocycles. The number of allylic oxidation sites excluding steroid dienone is 1. The second-order valence-electron chi connectivity index (χ2n) is 7.98.